The molecule has 0 unspecified atom stereocenters. The molecule has 0 amide bonds. The van der Waals surface area contributed by atoms with Crippen molar-refractivity contribution in [2.24, 2.45) is 0 Å². The highest BCUT2D eigenvalue weighted by Gasteiger charge is 1.98. The van der Waals surface area contributed by atoms with Crippen molar-refractivity contribution in [2.45, 2.75) is 9.92 Å². The number of rotatable bonds is 2. The van der Waals surface area contributed by atoms with Gasteiger partial charge in [-0.25, -0.2) is 4.98 Å². The van der Waals surface area contributed by atoms with Gasteiger partial charge in [0.2, 0.25) is 0 Å². The van der Waals surface area contributed by atoms with Crippen LogP contribution in [0.1, 0.15) is 0 Å². The molecule has 2 aromatic rings. The van der Waals surface area contributed by atoms with E-state index in [1.807, 2.05) is 36.4 Å². The number of hydrogen-bond acceptors (Lipinski definition) is 3. The van der Waals surface area contributed by atoms with Crippen molar-refractivity contribution in [1.29, 1.82) is 0 Å². The van der Waals surface area contributed by atoms with Crippen molar-refractivity contribution in [3.05, 3.63) is 47.6 Å². The highest BCUT2D eigenvalue weighted by atomic mass is 35.5. The third kappa shape index (κ3) is 2.88. The van der Waals surface area contributed by atoms with Gasteiger partial charge in [-0.05, 0) is 36.4 Å². The second kappa shape index (κ2) is 4.55. The summed E-state index contributed by atoms with van der Waals surface area (Å²) in [7, 11) is 0. The topological polar surface area (TPSA) is 38.9 Å². The van der Waals surface area contributed by atoms with Crippen molar-refractivity contribution in [3.63, 3.8) is 0 Å². The van der Waals surface area contributed by atoms with Gasteiger partial charge in [0.25, 0.3) is 0 Å². The van der Waals surface area contributed by atoms with Crippen LogP contribution in [0.2, 0.25) is 5.02 Å². The van der Waals surface area contributed by atoms with Gasteiger partial charge >= 0.3 is 0 Å². The molecule has 0 saturated carbocycles. The van der Waals surface area contributed by atoms with Crippen LogP contribution < -0.4 is 5.73 Å². The van der Waals surface area contributed by atoms with Crippen molar-refractivity contribution in [2.75, 3.05) is 5.73 Å². The van der Waals surface area contributed by atoms with Crippen LogP contribution in [-0.2, 0) is 0 Å². The molecule has 0 aliphatic rings. The summed E-state index contributed by atoms with van der Waals surface area (Å²) >= 11 is 7.33. The molecular weight excluding hydrogens is 228 g/mol. The number of nitrogen functional groups attached to an aromatic ring is 1. The lowest BCUT2D eigenvalue weighted by atomic mass is 10.3. The number of benzene rings is 1. The zero-order chi connectivity index (χ0) is 10.7. The van der Waals surface area contributed by atoms with Crippen molar-refractivity contribution in [3.8, 4) is 0 Å². The van der Waals surface area contributed by atoms with Gasteiger partial charge in [0, 0.05) is 16.8 Å². The molecule has 0 aliphatic heterocycles. The molecule has 0 aliphatic carbocycles. The summed E-state index contributed by atoms with van der Waals surface area (Å²) < 4.78 is 0. The minimum atomic E-state index is 0.650. The molecule has 76 valence electrons. The van der Waals surface area contributed by atoms with E-state index < -0.39 is 0 Å². The van der Waals surface area contributed by atoms with Gasteiger partial charge in [0.15, 0.2) is 0 Å². The molecule has 0 fully saturated rings. The monoisotopic (exact) mass is 236 g/mol. The molecule has 0 radical (unpaired) electrons. The Labute approximate surface area is 97.5 Å². The third-order valence-electron chi connectivity index (χ3n) is 1.80. The van der Waals surface area contributed by atoms with Crippen LogP contribution in [0, 0.1) is 0 Å². The minimum Gasteiger partial charge on any atom is -0.399 e. The Morgan fingerprint density at radius 2 is 1.80 bits per heavy atom. The zero-order valence-corrected chi connectivity index (χ0v) is 9.42. The minimum absolute atomic E-state index is 0.650. The number of nitrogens with zero attached hydrogens (tertiary/aromatic N) is 1. The Bertz CT molecular complexity index is 396. The summed E-state index contributed by atoms with van der Waals surface area (Å²) in [5.74, 6) is 0. The first kappa shape index (κ1) is 10.3. The Balaban J connectivity index is 2.15. The van der Waals surface area contributed by atoms with E-state index in [2.05, 4.69) is 4.98 Å². The summed E-state index contributed by atoms with van der Waals surface area (Å²) in [5.41, 5.74) is 6.36. The van der Waals surface area contributed by atoms with E-state index in [4.69, 9.17) is 17.3 Å². The Morgan fingerprint density at radius 1 is 1.07 bits per heavy atom. The van der Waals surface area contributed by atoms with Crippen LogP contribution >= 0.6 is 23.4 Å². The fourth-order valence-electron chi connectivity index (χ4n) is 1.08. The summed E-state index contributed by atoms with van der Waals surface area (Å²) in [6.45, 7) is 0. The molecule has 15 heavy (non-hydrogen) atoms. The van der Waals surface area contributed by atoms with Crippen molar-refractivity contribution < 1.29 is 0 Å². The maximum atomic E-state index is 5.75. The number of hydrogen-bond donors (Lipinski definition) is 1. The third-order valence-corrected chi connectivity index (χ3v) is 2.98. The van der Waals surface area contributed by atoms with Gasteiger partial charge in [-0.15, -0.1) is 0 Å². The molecule has 1 aromatic carbocycles. The van der Waals surface area contributed by atoms with Gasteiger partial charge in [-0.1, -0.05) is 23.4 Å². The Hall–Kier alpha value is -1.19. The molecule has 2 rings (SSSR count). The zero-order valence-electron chi connectivity index (χ0n) is 7.85. The lowest BCUT2D eigenvalue weighted by molar-refractivity contribution is 1.13. The van der Waals surface area contributed by atoms with Crippen LogP contribution in [0.4, 0.5) is 5.69 Å². The van der Waals surface area contributed by atoms with Gasteiger partial charge in [0.05, 0.1) is 5.02 Å². The molecule has 0 atom stereocenters. The Morgan fingerprint density at radius 3 is 2.40 bits per heavy atom. The highest BCUT2D eigenvalue weighted by molar-refractivity contribution is 7.99. The van der Waals surface area contributed by atoms with E-state index in [0.717, 1.165) is 15.6 Å². The van der Waals surface area contributed by atoms with E-state index in [-0.39, 0.29) is 0 Å². The van der Waals surface area contributed by atoms with E-state index in [0.29, 0.717) is 5.02 Å². The SMILES string of the molecule is Nc1ccc(Sc2ccc(Cl)cn2)cc1. The number of pyridine rings is 1. The predicted molar refractivity (Wildman–Crippen MR) is 64.2 cm³/mol. The van der Waals surface area contributed by atoms with Crippen LogP contribution in [0.15, 0.2) is 52.5 Å². The van der Waals surface area contributed by atoms with Crippen LogP contribution in [0.5, 0.6) is 0 Å². The van der Waals surface area contributed by atoms with Gasteiger partial charge in [-0.2, -0.15) is 0 Å². The summed E-state index contributed by atoms with van der Waals surface area (Å²) in [4.78, 5) is 5.31. The number of aromatic nitrogens is 1. The maximum Gasteiger partial charge on any atom is 0.101 e. The lowest BCUT2D eigenvalue weighted by Crippen LogP contribution is -1.83. The Kier molecular flexibility index (Phi) is 3.14. The number of halogens is 1. The largest absolute Gasteiger partial charge is 0.399 e. The van der Waals surface area contributed by atoms with Gasteiger partial charge in [-0.3, -0.25) is 0 Å². The summed E-state index contributed by atoms with van der Waals surface area (Å²) in [6.07, 6.45) is 1.64. The molecule has 1 heterocycles. The molecule has 0 spiro atoms. The normalized spacial score (nSPS) is 10.2. The quantitative estimate of drug-likeness (QED) is 0.812. The van der Waals surface area contributed by atoms with Gasteiger partial charge in [0.1, 0.15) is 5.03 Å². The van der Waals surface area contributed by atoms with E-state index in [1.54, 1.807) is 18.0 Å². The maximum absolute atomic E-state index is 5.75. The average Bonchev–Trinajstić information content (AvgIpc) is 2.25. The van der Waals surface area contributed by atoms with Crippen molar-refractivity contribution >= 4 is 29.1 Å². The first-order chi connectivity index (χ1) is 7.24. The summed E-state index contributed by atoms with van der Waals surface area (Å²) in [6, 6.07) is 11.4. The van der Waals surface area contributed by atoms with Crippen LogP contribution in [0.3, 0.4) is 0 Å². The second-order valence-corrected chi connectivity index (χ2v) is 4.52. The number of anilines is 1. The molecule has 0 bridgehead atoms. The molecular formula is C11H9ClN2S. The number of nitrogens with two attached hydrogens (primary N) is 1. The van der Waals surface area contributed by atoms with Gasteiger partial charge < -0.3 is 5.73 Å². The van der Waals surface area contributed by atoms with E-state index >= 15 is 0 Å². The summed E-state index contributed by atoms with van der Waals surface area (Å²) in [5, 5.41) is 1.57. The van der Waals surface area contributed by atoms with E-state index in [1.165, 1.54) is 0 Å². The fraction of sp³-hybridized carbons (Fsp3) is 0. The van der Waals surface area contributed by atoms with Crippen LogP contribution in [-0.4, -0.2) is 4.98 Å². The standard InChI is InChI=1S/C11H9ClN2S/c12-8-1-6-11(14-7-8)15-10-4-2-9(13)3-5-10/h1-7H,13H2. The van der Waals surface area contributed by atoms with Crippen LogP contribution in [0.25, 0.3) is 0 Å². The molecule has 0 saturated heterocycles. The molecule has 1 aromatic heterocycles. The smallest absolute Gasteiger partial charge is 0.101 e. The fourth-order valence-corrected chi connectivity index (χ4v) is 1.95. The van der Waals surface area contributed by atoms with E-state index in [9.17, 15) is 0 Å². The molecule has 2 nitrogen and oxygen atoms in total. The predicted octanol–water partition coefficient (Wildman–Crippen LogP) is 3.47. The first-order valence-electron chi connectivity index (χ1n) is 4.39. The lowest BCUT2D eigenvalue weighted by Gasteiger charge is -2.00. The van der Waals surface area contributed by atoms with Crippen molar-refractivity contribution in [1.82, 2.24) is 4.98 Å². The highest BCUT2D eigenvalue weighted by Crippen LogP contribution is 2.26. The average molecular weight is 237 g/mol. The first-order valence-corrected chi connectivity index (χ1v) is 5.58. The molecule has 4 heteroatoms. The second-order valence-electron chi connectivity index (χ2n) is 2.99. The molecule has 2 N–H and O–H groups in total.